The van der Waals surface area contributed by atoms with Gasteiger partial charge in [0.1, 0.15) is 0 Å². The number of nitrogens with two attached hydrogens (primary N) is 1. The van der Waals surface area contributed by atoms with Crippen LogP contribution < -0.4 is 5.73 Å². The summed E-state index contributed by atoms with van der Waals surface area (Å²) in [6.07, 6.45) is 3.27. The SMILES string of the molecule is NCCCc1ncc(-c2cc(Cl)cc(Cl)c2)o1. The lowest BCUT2D eigenvalue weighted by Gasteiger charge is -1.99. The summed E-state index contributed by atoms with van der Waals surface area (Å²) in [5, 5.41) is 1.15. The van der Waals surface area contributed by atoms with Crippen molar-refractivity contribution in [1.82, 2.24) is 4.98 Å². The van der Waals surface area contributed by atoms with Crippen LogP contribution in [0.5, 0.6) is 0 Å². The van der Waals surface area contributed by atoms with E-state index in [4.69, 9.17) is 33.4 Å². The van der Waals surface area contributed by atoms with Gasteiger partial charge in [-0.3, -0.25) is 0 Å². The molecule has 0 spiro atoms. The van der Waals surface area contributed by atoms with Crippen molar-refractivity contribution in [3.8, 4) is 11.3 Å². The van der Waals surface area contributed by atoms with E-state index in [1.807, 2.05) is 0 Å². The standard InChI is InChI=1S/C12H12Cl2N2O/c13-9-4-8(5-10(14)6-9)11-7-16-12(17-11)2-1-3-15/h4-7H,1-3,15H2. The molecule has 5 heteroatoms. The van der Waals surface area contributed by atoms with Crippen molar-refractivity contribution in [2.75, 3.05) is 6.54 Å². The Balaban J connectivity index is 2.24. The van der Waals surface area contributed by atoms with Gasteiger partial charge in [-0.25, -0.2) is 4.98 Å². The summed E-state index contributed by atoms with van der Waals surface area (Å²) in [6.45, 7) is 0.626. The molecule has 2 rings (SSSR count). The molecule has 0 saturated carbocycles. The Morgan fingerprint density at radius 2 is 1.88 bits per heavy atom. The molecule has 0 fully saturated rings. The van der Waals surface area contributed by atoms with Gasteiger partial charge in [0.25, 0.3) is 0 Å². The van der Waals surface area contributed by atoms with Gasteiger partial charge in [0.2, 0.25) is 0 Å². The largest absolute Gasteiger partial charge is 0.441 e. The molecule has 0 aliphatic rings. The maximum atomic E-state index is 5.93. The third-order valence-corrected chi connectivity index (χ3v) is 2.73. The minimum atomic E-state index is 0.576. The van der Waals surface area contributed by atoms with Gasteiger partial charge in [-0.05, 0) is 31.2 Å². The Morgan fingerprint density at radius 3 is 2.53 bits per heavy atom. The second-order valence-electron chi connectivity index (χ2n) is 3.67. The van der Waals surface area contributed by atoms with Crippen molar-refractivity contribution in [3.05, 3.63) is 40.3 Å². The predicted molar refractivity (Wildman–Crippen MR) is 69.3 cm³/mol. The molecule has 3 nitrogen and oxygen atoms in total. The normalized spacial score (nSPS) is 10.8. The molecule has 0 saturated heterocycles. The number of aryl methyl sites for hydroxylation is 1. The molecule has 0 radical (unpaired) electrons. The van der Waals surface area contributed by atoms with Gasteiger partial charge in [0.05, 0.1) is 6.20 Å². The number of nitrogens with zero attached hydrogens (tertiary/aromatic N) is 1. The van der Waals surface area contributed by atoms with Gasteiger partial charge in [-0.1, -0.05) is 23.2 Å². The van der Waals surface area contributed by atoms with E-state index >= 15 is 0 Å². The first kappa shape index (κ1) is 12.4. The molecule has 2 aromatic rings. The molecule has 0 bridgehead atoms. The fourth-order valence-electron chi connectivity index (χ4n) is 1.51. The second-order valence-corrected chi connectivity index (χ2v) is 4.54. The zero-order chi connectivity index (χ0) is 12.3. The van der Waals surface area contributed by atoms with Crippen LogP contribution in [0.2, 0.25) is 10.0 Å². The van der Waals surface area contributed by atoms with Crippen LogP contribution >= 0.6 is 23.2 Å². The average molecular weight is 271 g/mol. The molecule has 1 aromatic carbocycles. The minimum Gasteiger partial charge on any atom is -0.441 e. The van der Waals surface area contributed by atoms with Crippen LogP contribution in [0.15, 0.2) is 28.8 Å². The third kappa shape index (κ3) is 3.22. The first-order valence-corrected chi connectivity index (χ1v) is 6.06. The van der Waals surface area contributed by atoms with E-state index in [-0.39, 0.29) is 0 Å². The molecule has 17 heavy (non-hydrogen) atoms. The topological polar surface area (TPSA) is 52.0 Å². The van der Waals surface area contributed by atoms with Gasteiger partial charge in [-0.2, -0.15) is 0 Å². The smallest absolute Gasteiger partial charge is 0.194 e. The summed E-state index contributed by atoms with van der Waals surface area (Å²) < 4.78 is 5.60. The zero-order valence-electron chi connectivity index (χ0n) is 9.12. The van der Waals surface area contributed by atoms with E-state index < -0.39 is 0 Å². The van der Waals surface area contributed by atoms with Crippen molar-refractivity contribution < 1.29 is 4.42 Å². The maximum Gasteiger partial charge on any atom is 0.194 e. The highest BCUT2D eigenvalue weighted by molar-refractivity contribution is 6.35. The number of oxazole rings is 1. The van der Waals surface area contributed by atoms with Crippen LogP contribution in [-0.2, 0) is 6.42 Å². The number of rotatable bonds is 4. The first-order chi connectivity index (χ1) is 8.19. The van der Waals surface area contributed by atoms with Crippen molar-refractivity contribution in [1.29, 1.82) is 0 Å². The molecule has 0 aliphatic heterocycles. The van der Waals surface area contributed by atoms with E-state index in [0.717, 1.165) is 18.4 Å². The average Bonchev–Trinajstić information content (AvgIpc) is 2.73. The molecule has 0 aliphatic carbocycles. The Bertz CT molecular complexity index is 491. The fourth-order valence-corrected chi connectivity index (χ4v) is 2.03. The van der Waals surface area contributed by atoms with E-state index in [2.05, 4.69) is 4.98 Å². The number of aromatic nitrogens is 1. The zero-order valence-corrected chi connectivity index (χ0v) is 10.6. The summed E-state index contributed by atoms with van der Waals surface area (Å²) in [7, 11) is 0. The van der Waals surface area contributed by atoms with E-state index in [1.54, 1.807) is 24.4 Å². The molecular weight excluding hydrogens is 259 g/mol. The van der Waals surface area contributed by atoms with Crippen molar-refractivity contribution in [2.45, 2.75) is 12.8 Å². The summed E-state index contributed by atoms with van der Waals surface area (Å²) in [5.74, 6) is 1.35. The lowest BCUT2D eigenvalue weighted by Crippen LogP contribution is -2.00. The van der Waals surface area contributed by atoms with Crippen molar-refractivity contribution in [2.24, 2.45) is 5.73 Å². The summed E-state index contributed by atoms with van der Waals surface area (Å²) >= 11 is 11.9. The van der Waals surface area contributed by atoms with Crippen LogP contribution in [0.25, 0.3) is 11.3 Å². The summed E-state index contributed by atoms with van der Waals surface area (Å²) in [4.78, 5) is 4.18. The van der Waals surface area contributed by atoms with Crippen LogP contribution in [0.4, 0.5) is 0 Å². The molecule has 90 valence electrons. The van der Waals surface area contributed by atoms with Gasteiger partial charge in [0.15, 0.2) is 11.7 Å². The Labute approximate surface area is 110 Å². The summed E-state index contributed by atoms with van der Waals surface area (Å²) in [5.41, 5.74) is 6.26. The molecule has 0 amide bonds. The van der Waals surface area contributed by atoms with Crippen molar-refractivity contribution >= 4 is 23.2 Å². The Hall–Kier alpha value is -1.03. The molecule has 1 heterocycles. The number of hydrogen-bond donors (Lipinski definition) is 1. The number of hydrogen-bond acceptors (Lipinski definition) is 3. The number of benzene rings is 1. The molecule has 0 atom stereocenters. The fraction of sp³-hybridized carbons (Fsp3) is 0.250. The predicted octanol–water partition coefficient (Wildman–Crippen LogP) is 3.54. The van der Waals surface area contributed by atoms with Crippen LogP contribution in [-0.4, -0.2) is 11.5 Å². The third-order valence-electron chi connectivity index (χ3n) is 2.30. The van der Waals surface area contributed by atoms with E-state index in [0.29, 0.717) is 28.2 Å². The van der Waals surface area contributed by atoms with Crippen LogP contribution in [0, 0.1) is 0 Å². The lowest BCUT2D eigenvalue weighted by molar-refractivity contribution is 0.499. The van der Waals surface area contributed by atoms with Crippen molar-refractivity contribution in [3.63, 3.8) is 0 Å². The maximum absolute atomic E-state index is 5.93. The Morgan fingerprint density at radius 1 is 1.18 bits per heavy atom. The lowest BCUT2D eigenvalue weighted by atomic mass is 10.2. The van der Waals surface area contributed by atoms with Crippen LogP contribution in [0.1, 0.15) is 12.3 Å². The monoisotopic (exact) mass is 270 g/mol. The van der Waals surface area contributed by atoms with Gasteiger partial charge >= 0.3 is 0 Å². The van der Waals surface area contributed by atoms with E-state index in [1.165, 1.54) is 0 Å². The van der Waals surface area contributed by atoms with Gasteiger partial charge in [-0.15, -0.1) is 0 Å². The van der Waals surface area contributed by atoms with E-state index in [9.17, 15) is 0 Å². The number of halogens is 2. The molecule has 1 aromatic heterocycles. The quantitative estimate of drug-likeness (QED) is 0.925. The highest BCUT2D eigenvalue weighted by atomic mass is 35.5. The Kier molecular flexibility index (Phi) is 4.05. The highest BCUT2D eigenvalue weighted by Gasteiger charge is 2.07. The first-order valence-electron chi connectivity index (χ1n) is 5.30. The van der Waals surface area contributed by atoms with Gasteiger partial charge < -0.3 is 10.2 Å². The second kappa shape index (κ2) is 5.54. The molecule has 0 unspecified atom stereocenters. The highest BCUT2D eigenvalue weighted by Crippen LogP contribution is 2.27. The van der Waals surface area contributed by atoms with Crippen LogP contribution in [0.3, 0.4) is 0 Å². The minimum absolute atomic E-state index is 0.576. The molecular formula is C12H12Cl2N2O. The molecule has 2 N–H and O–H groups in total. The van der Waals surface area contributed by atoms with Gasteiger partial charge in [0, 0.05) is 22.0 Å². The summed E-state index contributed by atoms with van der Waals surface area (Å²) in [6, 6.07) is 5.26.